The molecule has 0 amide bonds. The number of carbonyl (C=O) groups excluding carboxylic acids is 2. The van der Waals surface area contributed by atoms with Crippen molar-refractivity contribution >= 4 is 29.5 Å². The number of benzene rings is 3. The monoisotopic (exact) mass is 551 g/mol. The van der Waals surface area contributed by atoms with Gasteiger partial charge in [0.15, 0.2) is 0 Å². The van der Waals surface area contributed by atoms with E-state index < -0.39 is 11.9 Å². The number of aromatic nitrogens is 2. The first-order valence-corrected chi connectivity index (χ1v) is 13.1. The van der Waals surface area contributed by atoms with E-state index in [0.29, 0.717) is 48.9 Å². The van der Waals surface area contributed by atoms with Crippen LogP contribution >= 0.6 is 0 Å². The van der Waals surface area contributed by atoms with Crippen LogP contribution in [0.1, 0.15) is 28.8 Å². The summed E-state index contributed by atoms with van der Waals surface area (Å²) in [7, 11) is 0. The second-order valence-corrected chi connectivity index (χ2v) is 8.92. The van der Waals surface area contributed by atoms with Crippen LogP contribution in [0.25, 0.3) is 6.20 Å². The normalized spacial score (nSPS) is 10.7. The fraction of sp³-hybridized carbons (Fsp3) is 0.156. The molecule has 0 saturated carbocycles. The van der Waals surface area contributed by atoms with E-state index in [1.165, 1.54) is 0 Å². The number of nitrogens with zero attached hydrogens (tertiary/aromatic N) is 4. The van der Waals surface area contributed by atoms with Gasteiger partial charge < -0.3 is 14.2 Å². The Kier molecular flexibility index (Phi) is 10.3. The van der Waals surface area contributed by atoms with Crippen molar-refractivity contribution in [2.24, 2.45) is 10.2 Å². The molecular weight excluding hydrogens is 520 g/mol. The molecule has 0 aliphatic rings. The summed E-state index contributed by atoms with van der Waals surface area (Å²) in [6.07, 6.45) is 10.1. The first kappa shape index (κ1) is 28.7. The van der Waals surface area contributed by atoms with Gasteiger partial charge in [0, 0.05) is 6.08 Å². The lowest BCUT2D eigenvalue weighted by molar-refractivity contribution is -0.687. The van der Waals surface area contributed by atoms with Gasteiger partial charge in [-0.1, -0.05) is 25.3 Å². The van der Waals surface area contributed by atoms with Gasteiger partial charge in [0.25, 0.3) is 0 Å². The van der Waals surface area contributed by atoms with Gasteiger partial charge in [0.2, 0.25) is 6.33 Å². The molecule has 4 rings (SSSR count). The molecule has 0 unspecified atom stereocenters. The summed E-state index contributed by atoms with van der Waals surface area (Å²) in [6, 6.07) is 21.4. The van der Waals surface area contributed by atoms with Crippen LogP contribution in [0.15, 0.2) is 121 Å². The molecule has 0 aliphatic heterocycles. The SMILES string of the molecule is C=CC(=O)OCCCCOc1ccc(N=Nc2ccc(OC(=O)c3ccc(C[n+]4ccn(C=C)c4)cc3)cc2)cc1. The van der Waals surface area contributed by atoms with Crippen molar-refractivity contribution in [3.8, 4) is 11.5 Å². The van der Waals surface area contributed by atoms with Crippen LogP contribution in [0.2, 0.25) is 0 Å². The second-order valence-electron chi connectivity index (χ2n) is 8.92. The van der Waals surface area contributed by atoms with E-state index in [2.05, 4.69) is 23.4 Å². The standard InChI is InChI=1S/C32H31N4O5/c1-3-31(37)40-22-6-5-21-39-29-15-11-27(12-16-29)33-34-28-13-17-30(18-14-28)41-32(38)26-9-7-25(8-10-26)23-36-20-19-35(4-2)24-36/h3-4,7-20,24H,1-2,5-6,21-23H2/q+1. The smallest absolute Gasteiger partial charge is 0.343 e. The highest BCUT2D eigenvalue weighted by Gasteiger charge is 2.10. The van der Waals surface area contributed by atoms with Crippen molar-refractivity contribution in [3.05, 3.63) is 122 Å². The van der Waals surface area contributed by atoms with E-state index in [4.69, 9.17) is 14.2 Å². The quantitative estimate of drug-likeness (QED) is 0.0448. The van der Waals surface area contributed by atoms with E-state index >= 15 is 0 Å². The second kappa shape index (κ2) is 14.7. The molecule has 1 aromatic heterocycles. The summed E-state index contributed by atoms with van der Waals surface area (Å²) < 4.78 is 20.0. The van der Waals surface area contributed by atoms with Gasteiger partial charge in [-0.05, 0) is 79.1 Å². The lowest BCUT2D eigenvalue weighted by Gasteiger charge is -2.06. The molecule has 0 fully saturated rings. The Bertz CT molecular complexity index is 1490. The summed E-state index contributed by atoms with van der Waals surface area (Å²) >= 11 is 0. The fourth-order valence-corrected chi connectivity index (χ4v) is 3.67. The predicted molar refractivity (Wildman–Crippen MR) is 154 cm³/mol. The van der Waals surface area contributed by atoms with Crippen molar-refractivity contribution in [1.82, 2.24) is 4.57 Å². The van der Waals surface area contributed by atoms with Crippen molar-refractivity contribution in [3.63, 3.8) is 0 Å². The zero-order valence-electron chi connectivity index (χ0n) is 22.6. The molecule has 9 nitrogen and oxygen atoms in total. The molecule has 0 aliphatic carbocycles. The first-order chi connectivity index (χ1) is 20.0. The molecule has 9 heteroatoms. The van der Waals surface area contributed by atoms with Crippen LogP contribution in [-0.4, -0.2) is 29.7 Å². The number of unbranched alkanes of at least 4 members (excludes halogenated alkanes) is 1. The lowest BCUT2D eigenvalue weighted by atomic mass is 10.1. The highest BCUT2D eigenvalue weighted by Crippen LogP contribution is 2.23. The third kappa shape index (κ3) is 9.14. The van der Waals surface area contributed by atoms with Crippen LogP contribution in [0.5, 0.6) is 11.5 Å². The molecule has 1 heterocycles. The maximum absolute atomic E-state index is 12.6. The minimum Gasteiger partial charge on any atom is -0.494 e. The Morgan fingerprint density at radius 1 is 0.829 bits per heavy atom. The Balaban J connectivity index is 1.21. The maximum Gasteiger partial charge on any atom is 0.343 e. The molecular formula is C32H31N4O5+. The summed E-state index contributed by atoms with van der Waals surface area (Å²) in [6.45, 7) is 8.63. The molecule has 0 bridgehead atoms. The van der Waals surface area contributed by atoms with E-state index in [1.807, 2.05) is 64.3 Å². The Labute approximate surface area is 238 Å². The molecule has 0 atom stereocenters. The van der Waals surface area contributed by atoms with Gasteiger partial charge in [-0.15, -0.1) is 0 Å². The van der Waals surface area contributed by atoms with E-state index in [1.54, 1.807) is 42.6 Å². The predicted octanol–water partition coefficient (Wildman–Crippen LogP) is 6.45. The topological polar surface area (TPSA) is 95.4 Å². The molecule has 208 valence electrons. The van der Waals surface area contributed by atoms with E-state index in [-0.39, 0.29) is 0 Å². The Hall–Kier alpha value is -5.31. The third-order valence-electron chi connectivity index (χ3n) is 5.86. The van der Waals surface area contributed by atoms with Crippen LogP contribution in [0.4, 0.5) is 11.4 Å². The van der Waals surface area contributed by atoms with Gasteiger partial charge in [0.05, 0.1) is 36.4 Å². The summed E-state index contributed by atoms with van der Waals surface area (Å²) in [5.41, 5.74) is 2.82. The molecule has 3 aromatic carbocycles. The summed E-state index contributed by atoms with van der Waals surface area (Å²) in [5, 5.41) is 8.48. The van der Waals surface area contributed by atoms with Gasteiger partial charge in [0.1, 0.15) is 30.4 Å². The highest BCUT2D eigenvalue weighted by atomic mass is 16.5. The molecule has 0 radical (unpaired) electrons. The van der Waals surface area contributed by atoms with Crippen LogP contribution in [-0.2, 0) is 16.1 Å². The van der Waals surface area contributed by atoms with E-state index in [9.17, 15) is 9.59 Å². The largest absolute Gasteiger partial charge is 0.494 e. The Morgan fingerprint density at radius 3 is 2.07 bits per heavy atom. The van der Waals surface area contributed by atoms with Gasteiger partial charge in [-0.3, -0.25) is 0 Å². The average Bonchev–Trinajstić information content (AvgIpc) is 3.46. The molecule has 0 spiro atoms. The van der Waals surface area contributed by atoms with Gasteiger partial charge >= 0.3 is 11.9 Å². The minimum absolute atomic E-state index is 0.345. The van der Waals surface area contributed by atoms with Crippen molar-refractivity contribution < 1.29 is 28.4 Å². The van der Waals surface area contributed by atoms with Crippen LogP contribution < -0.4 is 14.0 Å². The fourth-order valence-electron chi connectivity index (χ4n) is 3.67. The number of esters is 2. The molecule has 0 N–H and O–H groups in total. The number of ether oxygens (including phenoxy) is 3. The zero-order chi connectivity index (χ0) is 28.9. The van der Waals surface area contributed by atoms with Crippen LogP contribution in [0.3, 0.4) is 0 Å². The summed E-state index contributed by atoms with van der Waals surface area (Å²) in [5.74, 6) is 0.281. The molecule has 0 saturated heterocycles. The number of hydrogen-bond acceptors (Lipinski definition) is 7. The Morgan fingerprint density at radius 2 is 1.46 bits per heavy atom. The number of rotatable bonds is 14. The number of carbonyl (C=O) groups is 2. The minimum atomic E-state index is -0.435. The average molecular weight is 552 g/mol. The van der Waals surface area contributed by atoms with E-state index in [0.717, 1.165) is 23.8 Å². The number of hydrogen-bond donors (Lipinski definition) is 0. The highest BCUT2D eigenvalue weighted by molar-refractivity contribution is 5.91. The van der Waals surface area contributed by atoms with Gasteiger partial charge in [-0.2, -0.15) is 10.2 Å². The van der Waals surface area contributed by atoms with Crippen molar-refractivity contribution in [1.29, 1.82) is 0 Å². The van der Waals surface area contributed by atoms with Crippen molar-refractivity contribution in [2.75, 3.05) is 13.2 Å². The molecule has 4 aromatic rings. The lowest BCUT2D eigenvalue weighted by Crippen LogP contribution is -2.31. The first-order valence-electron chi connectivity index (χ1n) is 13.1. The maximum atomic E-state index is 12.6. The third-order valence-corrected chi connectivity index (χ3v) is 5.86. The number of azo groups is 1. The number of imidazole rings is 1. The zero-order valence-corrected chi connectivity index (χ0v) is 22.6. The van der Waals surface area contributed by atoms with Gasteiger partial charge in [-0.25, -0.2) is 18.7 Å². The van der Waals surface area contributed by atoms with Crippen LogP contribution in [0, 0.1) is 0 Å². The summed E-state index contributed by atoms with van der Waals surface area (Å²) in [4.78, 5) is 23.6. The molecule has 41 heavy (non-hydrogen) atoms. The van der Waals surface area contributed by atoms with Crippen molar-refractivity contribution in [2.45, 2.75) is 19.4 Å².